The van der Waals surface area contributed by atoms with Gasteiger partial charge in [-0.3, -0.25) is 0 Å². The zero-order valence-corrected chi connectivity index (χ0v) is 8.19. The van der Waals surface area contributed by atoms with Crippen LogP contribution in [0.15, 0.2) is 24.2 Å². The second-order valence-electron chi connectivity index (χ2n) is 3.34. The number of ether oxygens (including phenoxy) is 1. The summed E-state index contributed by atoms with van der Waals surface area (Å²) < 4.78 is 5.25. The van der Waals surface area contributed by atoms with Crippen LogP contribution >= 0.6 is 0 Å². The molecule has 0 aromatic carbocycles. The Hall–Kier alpha value is -1.16. The summed E-state index contributed by atoms with van der Waals surface area (Å²) in [5.74, 6) is 0.865. The van der Waals surface area contributed by atoms with Crippen molar-refractivity contribution in [3.63, 3.8) is 0 Å². The molecule has 2 heterocycles. The first kappa shape index (κ1) is 8.44. The highest BCUT2D eigenvalue weighted by molar-refractivity contribution is 5.13. The minimum absolute atomic E-state index is 0.219. The molecule has 0 bridgehead atoms. The fourth-order valence-electron chi connectivity index (χ4n) is 1.66. The van der Waals surface area contributed by atoms with E-state index in [1.807, 2.05) is 6.20 Å². The molecule has 1 N–H and O–H groups in total. The maximum Gasteiger partial charge on any atom is 0.222 e. The van der Waals surface area contributed by atoms with Crippen LogP contribution in [0, 0.1) is 0 Å². The smallest absolute Gasteiger partial charge is 0.222 e. The fraction of sp³-hybridized carbons (Fsp3) is 0.556. The third-order valence-electron chi connectivity index (χ3n) is 2.58. The lowest BCUT2D eigenvalue weighted by atomic mass is 10.2. The van der Waals surface area contributed by atoms with Gasteiger partial charge < -0.3 is 10.1 Å². The van der Waals surface area contributed by atoms with E-state index in [4.69, 9.17) is 4.74 Å². The molecule has 72 valence electrons. The van der Waals surface area contributed by atoms with E-state index in [1.54, 1.807) is 7.11 Å². The van der Waals surface area contributed by atoms with Crippen LogP contribution in [0.5, 0.6) is 0 Å². The highest BCUT2D eigenvalue weighted by atomic mass is 16.5. The van der Waals surface area contributed by atoms with Crippen LogP contribution in [0.25, 0.3) is 0 Å². The molecule has 4 nitrogen and oxygen atoms in total. The average Bonchev–Trinajstić information content (AvgIpc) is 2.55. The highest BCUT2D eigenvalue weighted by Gasteiger charge is 2.32. The number of hydrazine groups is 1. The van der Waals surface area contributed by atoms with Crippen molar-refractivity contribution >= 4 is 0 Å². The molecule has 13 heavy (non-hydrogen) atoms. The van der Waals surface area contributed by atoms with Crippen molar-refractivity contribution in [2.24, 2.45) is 0 Å². The van der Waals surface area contributed by atoms with E-state index in [-0.39, 0.29) is 6.17 Å². The van der Waals surface area contributed by atoms with E-state index in [2.05, 4.69) is 41.5 Å². The minimum atomic E-state index is 0.219. The quantitative estimate of drug-likeness (QED) is 0.595. The van der Waals surface area contributed by atoms with E-state index in [1.165, 1.54) is 0 Å². The summed E-state index contributed by atoms with van der Waals surface area (Å²) in [5, 5.41) is 7.48. The molecule has 0 saturated carbocycles. The van der Waals surface area contributed by atoms with Crippen LogP contribution in [-0.2, 0) is 4.74 Å². The van der Waals surface area contributed by atoms with E-state index in [0.29, 0.717) is 6.04 Å². The van der Waals surface area contributed by atoms with Crippen molar-refractivity contribution in [2.75, 3.05) is 14.2 Å². The van der Waals surface area contributed by atoms with Crippen molar-refractivity contribution < 1.29 is 4.74 Å². The molecule has 0 spiro atoms. The Labute approximate surface area is 78.4 Å². The summed E-state index contributed by atoms with van der Waals surface area (Å²) >= 11 is 0. The lowest BCUT2D eigenvalue weighted by Crippen LogP contribution is -2.52. The Morgan fingerprint density at radius 2 is 2.23 bits per heavy atom. The summed E-state index contributed by atoms with van der Waals surface area (Å²) in [6, 6.07) is 0.412. The molecule has 0 fully saturated rings. The normalized spacial score (nSPS) is 32.5. The summed E-state index contributed by atoms with van der Waals surface area (Å²) in [4.78, 5) is 0. The summed E-state index contributed by atoms with van der Waals surface area (Å²) in [5.41, 5.74) is 0. The molecular formula is C9H15N3O. The SMILES string of the molecule is COC1=CNC2C=CC(C)N(C)N12. The van der Waals surface area contributed by atoms with Crippen LogP contribution < -0.4 is 5.32 Å². The number of nitrogens with zero attached hydrogens (tertiary/aromatic N) is 2. The van der Waals surface area contributed by atoms with Gasteiger partial charge in [-0.15, -0.1) is 0 Å². The number of rotatable bonds is 1. The van der Waals surface area contributed by atoms with Crippen LogP contribution in [0.3, 0.4) is 0 Å². The Bertz CT molecular complexity index is 262. The molecule has 2 unspecified atom stereocenters. The molecule has 0 saturated heterocycles. The lowest BCUT2D eigenvalue weighted by Gasteiger charge is -2.40. The van der Waals surface area contributed by atoms with Gasteiger partial charge in [0.05, 0.1) is 13.3 Å². The molecule has 0 radical (unpaired) electrons. The largest absolute Gasteiger partial charge is 0.480 e. The van der Waals surface area contributed by atoms with Gasteiger partial charge in [-0.1, -0.05) is 6.08 Å². The lowest BCUT2D eigenvalue weighted by molar-refractivity contribution is -0.0541. The van der Waals surface area contributed by atoms with Gasteiger partial charge in [-0.25, -0.2) is 10.0 Å². The predicted molar refractivity (Wildman–Crippen MR) is 50.2 cm³/mol. The maximum atomic E-state index is 5.25. The maximum absolute atomic E-state index is 5.25. The van der Waals surface area contributed by atoms with Gasteiger partial charge in [0.15, 0.2) is 0 Å². The molecule has 2 rings (SSSR count). The standard InChI is InChI=1S/C9H15N3O/c1-7-4-5-8-10-6-9(13-3)12(8)11(7)2/h4-8,10H,1-3H3. The third kappa shape index (κ3) is 1.18. The summed E-state index contributed by atoms with van der Waals surface area (Å²) in [7, 11) is 3.74. The highest BCUT2D eigenvalue weighted by Crippen LogP contribution is 2.23. The van der Waals surface area contributed by atoms with Gasteiger partial charge in [-0.2, -0.15) is 0 Å². The number of methoxy groups -OCH3 is 1. The third-order valence-corrected chi connectivity index (χ3v) is 2.58. The first-order valence-corrected chi connectivity index (χ1v) is 4.44. The van der Waals surface area contributed by atoms with Crippen LogP contribution in [-0.4, -0.2) is 36.4 Å². The molecule has 2 aliphatic rings. The predicted octanol–water partition coefficient (Wildman–Crippen LogP) is 0.468. The van der Waals surface area contributed by atoms with Crippen LogP contribution in [0.4, 0.5) is 0 Å². The zero-order valence-electron chi connectivity index (χ0n) is 8.19. The molecule has 0 amide bonds. The van der Waals surface area contributed by atoms with Gasteiger partial charge in [0.25, 0.3) is 0 Å². The van der Waals surface area contributed by atoms with E-state index in [9.17, 15) is 0 Å². The topological polar surface area (TPSA) is 27.7 Å². The average molecular weight is 181 g/mol. The van der Waals surface area contributed by atoms with E-state index < -0.39 is 0 Å². The minimum Gasteiger partial charge on any atom is -0.480 e. The monoisotopic (exact) mass is 181 g/mol. The second kappa shape index (κ2) is 2.96. The van der Waals surface area contributed by atoms with Gasteiger partial charge >= 0.3 is 0 Å². The molecule has 0 aromatic rings. The second-order valence-corrected chi connectivity index (χ2v) is 3.34. The van der Waals surface area contributed by atoms with E-state index in [0.717, 1.165) is 5.88 Å². The van der Waals surface area contributed by atoms with Gasteiger partial charge in [0.1, 0.15) is 6.17 Å². The van der Waals surface area contributed by atoms with E-state index >= 15 is 0 Å². The van der Waals surface area contributed by atoms with Crippen molar-refractivity contribution in [1.82, 2.24) is 15.3 Å². The van der Waals surface area contributed by atoms with Gasteiger partial charge in [-0.05, 0) is 13.0 Å². The zero-order chi connectivity index (χ0) is 9.42. The molecular weight excluding hydrogens is 166 g/mol. The van der Waals surface area contributed by atoms with Gasteiger partial charge in [0.2, 0.25) is 5.88 Å². The Balaban J connectivity index is 2.23. The van der Waals surface area contributed by atoms with Crippen molar-refractivity contribution in [3.05, 3.63) is 24.2 Å². The fourth-order valence-corrected chi connectivity index (χ4v) is 1.66. The Morgan fingerprint density at radius 3 is 2.92 bits per heavy atom. The number of hydrogen-bond acceptors (Lipinski definition) is 4. The summed E-state index contributed by atoms with van der Waals surface area (Å²) in [6.07, 6.45) is 6.44. The first-order valence-electron chi connectivity index (χ1n) is 4.44. The van der Waals surface area contributed by atoms with Gasteiger partial charge in [0, 0.05) is 13.1 Å². The molecule has 2 aliphatic heterocycles. The summed E-state index contributed by atoms with van der Waals surface area (Å²) in [6.45, 7) is 2.15. The number of likely N-dealkylation sites (N-methyl/N-ethyl adjacent to an activating group) is 1. The number of nitrogens with one attached hydrogen (secondary N) is 1. The van der Waals surface area contributed by atoms with Crippen LogP contribution in [0.1, 0.15) is 6.92 Å². The van der Waals surface area contributed by atoms with Crippen LogP contribution in [0.2, 0.25) is 0 Å². The molecule has 0 aliphatic carbocycles. The molecule has 2 atom stereocenters. The first-order chi connectivity index (χ1) is 6.24. The number of fused-ring (bicyclic) bond motifs is 1. The molecule has 0 aromatic heterocycles. The Kier molecular flexibility index (Phi) is 1.92. The Morgan fingerprint density at radius 1 is 1.46 bits per heavy atom. The van der Waals surface area contributed by atoms with Crippen molar-refractivity contribution in [3.8, 4) is 0 Å². The number of hydrogen-bond donors (Lipinski definition) is 1. The molecule has 4 heteroatoms. The van der Waals surface area contributed by atoms with Crippen molar-refractivity contribution in [1.29, 1.82) is 0 Å². The van der Waals surface area contributed by atoms with Crippen molar-refractivity contribution in [2.45, 2.75) is 19.1 Å².